The maximum absolute atomic E-state index is 13.4. The van der Waals surface area contributed by atoms with Crippen molar-refractivity contribution in [2.75, 3.05) is 11.9 Å². The number of hydrogen-bond donors (Lipinski definition) is 1. The monoisotopic (exact) mass is 414 g/mol. The summed E-state index contributed by atoms with van der Waals surface area (Å²) in [5.74, 6) is -0.327. The predicted molar refractivity (Wildman–Crippen MR) is 115 cm³/mol. The van der Waals surface area contributed by atoms with Gasteiger partial charge in [-0.2, -0.15) is 5.10 Å². The van der Waals surface area contributed by atoms with Crippen LogP contribution in [0.4, 0.5) is 5.69 Å². The van der Waals surface area contributed by atoms with Gasteiger partial charge in [-0.05, 0) is 36.6 Å². The number of benzene rings is 2. The molecule has 0 radical (unpaired) electrons. The second-order valence-electron chi connectivity index (χ2n) is 8.09. The number of rotatable bonds is 3. The van der Waals surface area contributed by atoms with Gasteiger partial charge in [0.05, 0.1) is 11.7 Å². The Kier molecular flexibility index (Phi) is 4.46. The SMILES string of the molecule is Cc1ccc(=O)n(CC(=O)N2CC[C@]3(C(=O)Nc4ccccc43)[C@@H]2c2ccccc2)n1. The smallest absolute Gasteiger partial charge is 0.267 e. The number of carbonyl (C=O) groups is 2. The third kappa shape index (κ3) is 2.96. The van der Waals surface area contributed by atoms with Crippen LogP contribution in [0.25, 0.3) is 0 Å². The molecule has 7 nitrogen and oxygen atoms in total. The van der Waals surface area contributed by atoms with Crippen molar-refractivity contribution >= 4 is 17.5 Å². The number of carbonyl (C=O) groups excluding carboxylic acids is 2. The molecule has 2 aromatic carbocycles. The highest BCUT2D eigenvalue weighted by atomic mass is 16.2. The maximum Gasteiger partial charge on any atom is 0.267 e. The zero-order valence-electron chi connectivity index (χ0n) is 17.1. The van der Waals surface area contributed by atoms with Gasteiger partial charge in [0.15, 0.2) is 0 Å². The van der Waals surface area contributed by atoms with Crippen LogP contribution in [0.5, 0.6) is 0 Å². The van der Waals surface area contributed by atoms with Gasteiger partial charge in [0, 0.05) is 18.3 Å². The van der Waals surface area contributed by atoms with E-state index in [0.29, 0.717) is 18.7 Å². The van der Waals surface area contributed by atoms with Gasteiger partial charge in [-0.25, -0.2) is 4.68 Å². The van der Waals surface area contributed by atoms with Crippen molar-refractivity contribution in [1.29, 1.82) is 0 Å². The van der Waals surface area contributed by atoms with Crippen molar-refractivity contribution in [1.82, 2.24) is 14.7 Å². The standard InChI is InChI=1S/C24H22N4O3/c1-16-11-12-20(29)28(26-16)15-21(30)27-14-13-24(22(27)17-7-3-2-4-8-17)18-9-5-6-10-19(18)25-23(24)31/h2-12,22H,13-15H2,1H3,(H,25,31)/t22-,24+/m0/s1. The zero-order valence-corrected chi connectivity index (χ0v) is 17.1. The van der Waals surface area contributed by atoms with E-state index in [0.717, 1.165) is 16.8 Å². The van der Waals surface area contributed by atoms with Crippen LogP contribution in [-0.4, -0.2) is 33.0 Å². The normalized spacial score (nSPS) is 21.9. The summed E-state index contributed by atoms with van der Waals surface area (Å²) in [6, 6.07) is 19.9. The highest BCUT2D eigenvalue weighted by Crippen LogP contribution is 2.54. The van der Waals surface area contributed by atoms with Crippen LogP contribution in [0.3, 0.4) is 0 Å². The Morgan fingerprint density at radius 1 is 1.06 bits per heavy atom. The van der Waals surface area contributed by atoms with Crippen molar-refractivity contribution in [3.05, 3.63) is 93.9 Å². The molecular weight excluding hydrogens is 392 g/mol. The third-order valence-corrected chi connectivity index (χ3v) is 6.31. The van der Waals surface area contributed by atoms with E-state index in [4.69, 9.17) is 0 Å². The van der Waals surface area contributed by atoms with E-state index >= 15 is 0 Å². The highest BCUT2D eigenvalue weighted by Gasteiger charge is 2.59. The van der Waals surface area contributed by atoms with Crippen LogP contribution < -0.4 is 10.9 Å². The Balaban J connectivity index is 1.59. The molecule has 1 saturated heterocycles. The summed E-state index contributed by atoms with van der Waals surface area (Å²) in [7, 11) is 0. The number of para-hydroxylation sites is 1. The zero-order chi connectivity index (χ0) is 21.6. The number of likely N-dealkylation sites (tertiary alicyclic amines) is 1. The number of aromatic nitrogens is 2. The third-order valence-electron chi connectivity index (χ3n) is 6.31. The van der Waals surface area contributed by atoms with E-state index < -0.39 is 11.5 Å². The van der Waals surface area contributed by atoms with E-state index in [1.54, 1.807) is 17.9 Å². The lowest BCUT2D eigenvalue weighted by atomic mass is 9.72. The number of nitrogens with zero attached hydrogens (tertiary/aromatic N) is 3. The number of fused-ring (bicyclic) bond motifs is 2. The molecule has 3 aromatic rings. The number of nitrogens with one attached hydrogen (secondary N) is 1. The van der Waals surface area contributed by atoms with Crippen molar-refractivity contribution in [2.24, 2.45) is 0 Å². The summed E-state index contributed by atoms with van der Waals surface area (Å²) in [4.78, 5) is 40.7. The topological polar surface area (TPSA) is 84.3 Å². The highest BCUT2D eigenvalue weighted by molar-refractivity contribution is 6.07. The second kappa shape index (κ2) is 7.19. The summed E-state index contributed by atoms with van der Waals surface area (Å²) >= 11 is 0. The van der Waals surface area contributed by atoms with Crippen LogP contribution in [-0.2, 0) is 21.5 Å². The molecule has 31 heavy (non-hydrogen) atoms. The first-order chi connectivity index (χ1) is 15.0. The average molecular weight is 414 g/mol. The molecule has 7 heteroatoms. The lowest BCUT2D eigenvalue weighted by molar-refractivity contribution is -0.134. The van der Waals surface area contributed by atoms with Crippen molar-refractivity contribution in [3.63, 3.8) is 0 Å². The van der Waals surface area contributed by atoms with Crippen molar-refractivity contribution in [3.8, 4) is 0 Å². The first-order valence-electron chi connectivity index (χ1n) is 10.3. The molecule has 2 atom stereocenters. The number of aryl methyl sites for hydroxylation is 1. The van der Waals surface area contributed by atoms with E-state index in [-0.39, 0.29) is 23.9 Å². The minimum atomic E-state index is -0.862. The van der Waals surface area contributed by atoms with Gasteiger partial charge in [-0.15, -0.1) is 0 Å². The van der Waals surface area contributed by atoms with Gasteiger partial charge in [-0.1, -0.05) is 48.5 Å². The fourth-order valence-corrected chi connectivity index (χ4v) is 4.94. The Labute approximate surface area is 179 Å². The van der Waals surface area contributed by atoms with Gasteiger partial charge in [-0.3, -0.25) is 14.4 Å². The molecule has 156 valence electrons. The number of anilines is 1. The second-order valence-corrected chi connectivity index (χ2v) is 8.09. The van der Waals surface area contributed by atoms with Gasteiger partial charge in [0.2, 0.25) is 11.8 Å². The largest absolute Gasteiger partial charge is 0.333 e. The molecule has 2 aliphatic rings. The molecule has 2 aliphatic heterocycles. The molecule has 0 saturated carbocycles. The number of hydrogen-bond acceptors (Lipinski definition) is 4. The van der Waals surface area contributed by atoms with Gasteiger partial charge < -0.3 is 10.2 Å². The van der Waals surface area contributed by atoms with Crippen LogP contribution in [0.15, 0.2) is 71.5 Å². The first-order valence-corrected chi connectivity index (χ1v) is 10.3. The van der Waals surface area contributed by atoms with E-state index in [2.05, 4.69) is 10.4 Å². The number of amides is 2. The lowest BCUT2D eigenvalue weighted by Crippen LogP contribution is -2.44. The minimum Gasteiger partial charge on any atom is -0.333 e. The average Bonchev–Trinajstić information content (AvgIpc) is 3.31. The molecule has 3 heterocycles. The molecule has 1 aromatic heterocycles. The summed E-state index contributed by atoms with van der Waals surface area (Å²) in [6.07, 6.45) is 0.511. The van der Waals surface area contributed by atoms with Crippen molar-refractivity contribution in [2.45, 2.75) is 31.3 Å². The molecular formula is C24H22N4O3. The van der Waals surface area contributed by atoms with Gasteiger partial charge in [0.1, 0.15) is 12.0 Å². The van der Waals surface area contributed by atoms with E-state index in [1.807, 2.05) is 54.6 Å². The van der Waals surface area contributed by atoms with Crippen LogP contribution >= 0.6 is 0 Å². The predicted octanol–water partition coefficient (Wildman–Crippen LogP) is 2.42. The Hall–Kier alpha value is -3.74. The molecule has 0 bridgehead atoms. The molecule has 0 unspecified atom stereocenters. The minimum absolute atomic E-state index is 0.0938. The maximum atomic E-state index is 13.4. The van der Waals surface area contributed by atoms with Gasteiger partial charge in [0.25, 0.3) is 5.56 Å². The summed E-state index contributed by atoms with van der Waals surface area (Å²) in [5, 5.41) is 7.21. The Morgan fingerprint density at radius 2 is 1.81 bits per heavy atom. The van der Waals surface area contributed by atoms with Crippen LogP contribution in [0.2, 0.25) is 0 Å². The van der Waals surface area contributed by atoms with Crippen molar-refractivity contribution < 1.29 is 9.59 Å². The van der Waals surface area contributed by atoms with Crippen LogP contribution in [0, 0.1) is 6.92 Å². The molecule has 5 rings (SSSR count). The Bertz CT molecular complexity index is 1240. The summed E-state index contributed by atoms with van der Waals surface area (Å²) < 4.78 is 1.19. The fraction of sp³-hybridized carbons (Fsp3) is 0.250. The Morgan fingerprint density at radius 3 is 2.61 bits per heavy atom. The molecule has 0 aliphatic carbocycles. The molecule has 1 spiro atoms. The van der Waals surface area contributed by atoms with Gasteiger partial charge >= 0.3 is 0 Å². The lowest BCUT2D eigenvalue weighted by Gasteiger charge is -2.34. The summed E-state index contributed by atoms with van der Waals surface area (Å²) in [5.41, 5.74) is 2.07. The molecule has 1 fully saturated rings. The molecule has 1 N–H and O–H groups in total. The van der Waals surface area contributed by atoms with E-state index in [9.17, 15) is 14.4 Å². The first kappa shape index (κ1) is 19.2. The summed E-state index contributed by atoms with van der Waals surface area (Å²) in [6.45, 7) is 2.03. The van der Waals surface area contributed by atoms with E-state index in [1.165, 1.54) is 10.7 Å². The fourth-order valence-electron chi connectivity index (χ4n) is 4.94. The van der Waals surface area contributed by atoms with Crippen LogP contribution in [0.1, 0.15) is 29.3 Å². The quantitative estimate of drug-likeness (QED) is 0.713. The molecule has 2 amide bonds.